The number of allylic oxidation sites excluding steroid dienone is 1. The van der Waals surface area contributed by atoms with E-state index in [1.807, 2.05) is 6.07 Å². The third-order valence-electron chi connectivity index (χ3n) is 2.48. The Bertz CT molecular complexity index is 299. The minimum Gasteiger partial charge on any atom is -0.462 e. The van der Waals surface area contributed by atoms with E-state index in [1.165, 1.54) is 0 Å². The fraction of sp³-hybridized carbons (Fsp3) is 0.636. The van der Waals surface area contributed by atoms with Crippen LogP contribution < -0.4 is 0 Å². The monoisotopic (exact) mass is 193 g/mol. The van der Waals surface area contributed by atoms with E-state index in [-0.39, 0.29) is 5.57 Å². The van der Waals surface area contributed by atoms with E-state index in [1.54, 1.807) is 6.92 Å². The summed E-state index contributed by atoms with van der Waals surface area (Å²) in [6, 6.07) is 1.95. The summed E-state index contributed by atoms with van der Waals surface area (Å²) in [5.74, 6) is 0.127. The average Bonchev–Trinajstić information content (AvgIpc) is 2.54. The molecule has 1 atom stereocenters. The third kappa shape index (κ3) is 2.35. The predicted octanol–water partition coefficient (Wildman–Crippen LogP) is 2.19. The number of carbonyl (C=O) groups excluding carboxylic acids is 1. The molecule has 3 nitrogen and oxygen atoms in total. The van der Waals surface area contributed by atoms with Gasteiger partial charge < -0.3 is 4.74 Å². The number of hydrogen-bond donors (Lipinski definition) is 0. The first-order valence-corrected chi connectivity index (χ1v) is 4.98. The van der Waals surface area contributed by atoms with Crippen LogP contribution in [-0.2, 0) is 9.53 Å². The molecule has 0 aromatic carbocycles. The van der Waals surface area contributed by atoms with Crippen molar-refractivity contribution in [3.8, 4) is 6.07 Å². The molecule has 1 aliphatic carbocycles. The van der Waals surface area contributed by atoms with Gasteiger partial charge in [0.05, 0.1) is 6.61 Å². The summed E-state index contributed by atoms with van der Waals surface area (Å²) >= 11 is 0. The summed E-state index contributed by atoms with van der Waals surface area (Å²) < 4.78 is 4.82. The number of ether oxygens (including phenoxy) is 1. The predicted molar refractivity (Wildman–Crippen MR) is 52.3 cm³/mol. The quantitative estimate of drug-likeness (QED) is 0.383. The maximum atomic E-state index is 11.4. The Labute approximate surface area is 84.4 Å². The highest BCUT2D eigenvalue weighted by Gasteiger charge is 2.22. The van der Waals surface area contributed by atoms with Gasteiger partial charge in [0.25, 0.3) is 0 Å². The van der Waals surface area contributed by atoms with E-state index in [4.69, 9.17) is 10.00 Å². The molecule has 14 heavy (non-hydrogen) atoms. The van der Waals surface area contributed by atoms with Crippen molar-refractivity contribution in [2.75, 3.05) is 6.61 Å². The molecular formula is C11H15NO2. The normalized spacial score (nSPS) is 24.2. The summed E-state index contributed by atoms with van der Waals surface area (Å²) in [5.41, 5.74) is 1.20. The zero-order chi connectivity index (χ0) is 10.6. The SMILES string of the molecule is CCOC(=O)/C(C#N)=C1\CCC(C)C1. The van der Waals surface area contributed by atoms with Crippen LogP contribution in [0.1, 0.15) is 33.1 Å². The number of hydrogen-bond acceptors (Lipinski definition) is 3. The standard InChI is InChI=1S/C11H15NO2/c1-3-14-11(13)10(7-12)9-5-4-8(2)6-9/h8H,3-6H2,1-2H3/b10-9+. The molecule has 0 aliphatic heterocycles. The number of nitriles is 1. The number of carbonyl (C=O) groups is 1. The molecule has 1 saturated carbocycles. The lowest BCUT2D eigenvalue weighted by Gasteiger charge is -2.03. The van der Waals surface area contributed by atoms with Crippen LogP contribution in [0.15, 0.2) is 11.1 Å². The molecule has 76 valence electrons. The Kier molecular flexibility index (Phi) is 3.70. The Morgan fingerprint density at radius 3 is 2.86 bits per heavy atom. The van der Waals surface area contributed by atoms with Crippen molar-refractivity contribution in [1.29, 1.82) is 5.26 Å². The van der Waals surface area contributed by atoms with Crippen molar-refractivity contribution in [2.24, 2.45) is 5.92 Å². The van der Waals surface area contributed by atoms with Gasteiger partial charge in [-0.2, -0.15) is 5.26 Å². The maximum absolute atomic E-state index is 11.4. The van der Waals surface area contributed by atoms with Crippen LogP contribution in [0.3, 0.4) is 0 Å². The summed E-state index contributed by atoms with van der Waals surface area (Å²) in [5, 5.41) is 8.86. The highest BCUT2D eigenvalue weighted by molar-refractivity contribution is 5.93. The largest absolute Gasteiger partial charge is 0.462 e. The lowest BCUT2D eigenvalue weighted by atomic mass is 10.1. The Balaban J connectivity index is 2.80. The molecule has 1 rings (SSSR count). The second-order valence-electron chi connectivity index (χ2n) is 3.66. The maximum Gasteiger partial charge on any atom is 0.348 e. The summed E-state index contributed by atoms with van der Waals surface area (Å²) in [6.45, 7) is 4.20. The average molecular weight is 193 g/mol. The lowest BCUT2D eigenvalue weighted by Crippen LogP contribution is -2.08. The third-order valence-corrected chi connectivity index (χ3v) is 2.48. The minimum atomic E-state index is -0.459. The van der Waals surface area contributed by atoms with Crippen LogP contribution in [0.25, 0.3) is 0 Å². The first kappa shape index (κ1) is 10.8. The van der Waals surface area contributed by atoms with Crippen LogP contribution in [0, 0.1) is 17.2 Å². The van der Waals surface area contributed by atoms with Gasteiger partial charge in [-0.15, -0.1) is 0 Å². The molecule has 3 heteroatoms. The van der Waals surface area contributed by atoms with Crippen LogP contribution in [-0.4, -0.2) is 12.6 Å². The van der Waals surface area contributed by atoms with E-state index < -0.39 is 5.97 Å². The van der Waals surface area contributed by atoms with Crippen molar-refractivity contribution < 1.29 is 9.53 Å². The number of nitrogens with zero attached hydrogens (tertiary/aromatic N) is 1. The molecule has 1 unspecified atom stereocenters. The number of rotatable bonds is 2. The van der Waals surface area contributed by atoms with Crippen LogP contribution in [0.5, 0.6) is 0 Å². The van der Waals surface area contributed by atoms with Crippen molar-refractivity contribution in [3.63, 3.8) is 0 Å². The summed E-state index contributed by atoms with van der Waals surface area (Å²) in [4.78, 5) is 11.4. The van der Waals surface area contributed by atoms with Crippen LogP contribution >= 0.6 is 0 Å². The van der Waals surface area contributed by atoms with Gasteiger partial charge in [0.2, 0.25) is 0 Å². The van der Waals surface area contributed by atoms with Crippen molar-refractivity contribution in [3.05, 3.63) is 11.1 Å². The molecule has 1 fully saturated rings. The van der Waals surface area contributed by atoms with E-state index in [0.717, 1.165) is 24.8 Å². The first-order valence-electron chi connectivity index (χ1n) is 4.98. The Morgan fingerprint density at radius 2 is 2.43 bits per heavy atom. The molecular weight excluding hydrogens is 178 g/mol. The lowest BCUT2D eigenvalue weighted by molar-refractivity contribution is -0.138. The van der Waals surface area contributed by atoms with Gasteiger partial charge in [-0.05, 0) is 37.7 Å². The summed E-state index contributed by atoms with van der Waals surface area (Å²) in [6.07, 6.45) is 2.80. The fourth-order valence-corrected chi connectivity index (χ4v) is 1.74. The van der Waals surface area contributed by atoms with Gasteiger partial charge in [-0.1, -0.05) is 6.92 Å². The van der Waals surface area contributed by atoms with E-state index in [9.17, 15) is 4.79 Å². The second kappa shape index (κ2) is 4.80. The zero-order valence-electron chi connectivity index (χ0n) is 8.67. The molecule has 0 radical (unpaired) electrons. The smallest absolute Gasteiger partial charge is 0.348 e. The first-order chi connectivity index (χ1) is 6.69. The van der Waals surface area contributed by atoms with Gasteiger partial charge in [-0.3, -0.25) is 0 Å². The fourth-order valence-electron chi connectivity index (χ4n) is 1.74. The van der Waals surface area contributed by atoms with Crippen molar-refractivity contribution in [1.82, 2.24) is 0 Å². The molecule has 0 aromatic heterocycles. The molecule has 0 spiro atoms. The molecule has 0 saturated heterocycles. The van der Waals surface area contributed by atoms with Gasteiger partial charge in [0, 0.05) is 0 Å². The van der Waals surface area contributed by atoms with Gasteiger partial charge in [-0.25, -0.2) is 4.79 Å². The molecule has 0 N–H and O–H groups in total. The highest BCUT2D eigenvalue weighted by Crippen LogP contribution is 2.32. The van der Waals surface area contributed by atoms with Gasteiger partial charge in [0.15, 0.2) is 0 Å². The zero-order valence-corrected chi connectivity index (χ0v) is 8.67. The van der Waals surface area contributed by atoms with Crippen molar-refractivity contribution in [2.45, 2.75) is 33.1 Å². The summed E-state index contributed by atoms with van der Waals surface area (Å²) in [7, 11) is 0. The van der Waals surface area contributed by atoms with Crippen LogP contribution in [0.4, 0.5) is 0 Å². The molecule has 0 heterocycles. The van der Waals surface area contributed by atoms with Gasteiger partial charge in [0.1, 0.15) is 11.6 Å². The highest BCUT2D eigenvalue weighted by atomic mass is 16.5. The molecule has 0 aromatic rings. The van der Waals surface area contributed by atoms with E-state index in [0.29, 0.717) is 12.5 Å². The minimum absolute atomic E-state index is 0.233. The van der Waals surface area contributed by atoms with E-state index >= 15 is 0 Å². The number of esters is 1. The Hall–Kier alpha value is -1.30. The second-order valence-corrected chi connectivity index (χ2v) is 3.66. The topological polar surface area (TPSA) is 50.1 Å². The Morgan fingerprint density at radius 1 is 1.71 bits per heavy atom. The van der Waals surface area contributed by atoms with Crippen molar-refractivity contribution >= 4 is 5.97 Å². The molecule has 0 bridgehead atoms. The van der Waals surface area contributed by atoms with E-state index in [2.05, 4.69) is 6.92 Å². The van der Waals surface area contributed by atoms with Gasteiger partial charge >= 0.3 is 5.97 Å². The van der Waals surface area contributed by atoms with Crippen LogP contribution in [0.2, 0.25) is 0 Å². The molecule has 0 amide bonds. The molecule has 1 aliphatic rings.